The maximum Gasteiger partial charge on any atom is 0.369 e. The smallest absolute Gasteiger partial charge is 0.305 e. The Kier molecular flexibility index (Phi) is 4.78. The molecule has 0 spiro atoms. The minimum Gasteiger partial charge on any atom is -0.305 e. The zero-order chi connectivity index (χ0) is 19.5. The molecular formula is C21H16ClN4O2+. The van der Waals surface area contributed by atoms with Crippen molar-refractivity contribution < 1.29 is 9.78 Å². The van der Waals surface area contributed by atoms with Crippen molar-refractivity contribution in [1.29, 1.82) is 0 Å². The average molecular weight is 392 g/mol. The van der Waals surface area contributed by atoms with Crippen LogP contribution in [-0.4, -0.2) is 10.7 Å². The van der Waals surface area contributed by atoms with Gasteiger partial charge in [-0.2, -0.15) is 5.43 Å². The van der Waals surface area contributed by atoms with Gasteiger partial charge in [-0.25, -0.2) is 14.6 Å². The Balaban J connectivity index is 1.77. The number of para-hydroxylation sites is 1. The van der Waals surface area contributed by atoms with Gasteiger partial charge in [-0.3, -0.25) is 0 Å². The molecule has 3 aromatic carbocycles. The van der Waals surface area contributed by atoms with Gasteiger partial charge in [-0.15, -0.1) is 0 Å². The summed E-state index contributed by atoms with van der Waals surface area (Å²) in [6, 6.07) is 22.6. The fourth-order valence-electron chi connectivity index (χ4n) is 2.91. The molecule has 2 amide bonds. The van der Waals surface area contributed by atoms with Crippen molar-refractivity contribution in [3.8, 4) is 11.4 Å². The van der Waals surface area contributed by atoms with Gasteiger partial charge in [0.25, 0.3) is 0 Å². The Morgan fingerprint density at radius 3 is 2.46 bits per heavy atom. The molecule has 0 fully saturated rings. The van der Waals surface area contributed by atoms with Crippen LogP contribution in [0.3, 0.4) is 0 Å². The predicted octanol–water partition coefficient (Wildman–Crippen LogP) is 3.91. The fraction of sp³-hybridized carbons (Fsp3) is 0. The van der Waals surface area contributed by atoms with Gasteiger partial charge in [0.05, 0.1) is 5.56 Å². The molecule has 3 N–H and O–H groups in total. The van der Waals surface area contributed by atoms with Gasteiger partial charge in [0.15, 0.2) is 0 Å². The van der Waals surface area contributed by atoms with E-state index in [9.17, 15) is 9.59 Å². The number of aromatic nitrogens is 2. The van der Waals surface area contributed by atoms with Crippen LogP contribution in [0.1, 0.15) is 0 Å². The quantitative estimate of drug-likeness (QED) is 0.555. The second-order valence-electron chi connectivity index (χ2n) is 6.10. The first-order valence-corrected chi connectivity index (χ1v) is 8.96. The molecule has 0 aliphatic rings. The van der Waals surface area contributed by atoms with E-state index < -0.39 is 6.03 Å². The molecule has 138 valence electrons. The summed E-state index contributed by atoms with van der Waals surface area (Å²) in [6.45, 7) is 0. The molecular weight excluding hydrogens is 376 g/mol. The molecule has 0 aliphatic carbocycles. The fourth-order valence-corrected chi connectivity index (χ4v) is 3.11. The Morgan fingerprint density at radius 2 is 1.68 bits per heavy atom. The first kappa shape index (κ1) is 17.8. The van der Waals surface area contributed by atoms with E-state index in [1.807, 2.05) is 42.5 Å². The summed E-state index contributed by atoms with van der Waals surface area (Å²) in [5.74, 6) is 0.463. The number of carbonyl (C=O) groups excluding carboxylic acids is 1. The predicted molar refractivity (Wildman–Crippen MR) is 110 cm³/mol. The summed E-state index contributed by atoms with van der Waals surface area (Å²) in [4.78, 5) is 28.8. The van der Waals surface area contributed by atoms with Gasteiger partial charge in [0, 0.05) is 10.7 Å². The van der Waals surface area contributed by atoms with E-state index >= 15 is 0 Å². The standard InChI is InChI=1S/C21H15ClN4O2/c22-15-9-6-10-16(13-15)23-21(28)25-26-19(14-7-2-1-3-8-14)24-18-12-5-4-11-17(18)20(26)27/h1-13H,(H2,23,25,28)/p+1. The molecule has 0 radical (unpaired) electrons. The number of nitrogens with zero attached hydrogens (tertiary/aromatic N) is 1. The highest BCUT2D eigenvalue weighted by molar-refractivity contribution is 6.30. The SMILES string of the molecule is O=C(Nc1cccc(Cl)c1)Nn1c(-c2ccccc2)[nH+]c2ccccc2c1=O. The topological polar surface area (TPSA) is 77.3 Å². The first-order valence-electron chi connectivity index (χ1n) is 8.58. The number of hydrogen-bond donors (Lipinski definition) is 2. The zero-order valence-electron chi connectivity index (χ0n) is 14.6. The maximum absolute atomic E-state index is 13.0. The summed E-state index contributed by atoms with van der Waals surface area (Å²) >= 11 is 5.95. The van der Waals surface area contributed by atoms with E-state index in [-0.39, 0.29) is 5.56 Å². The molecule has 4 rings (SSSR count). The van der Waals surface area contributed by atoms with Crippen molar-refractivity contribution in [3.05, 3.63) is 94.2 Å². The van der Waals surface area contributed by atoms with Crippen molar-refractivity contribution in [2.24, 2.45) is 0 Å². The van der Waals surface area contributed by atoms with Gasteiger partial charge in [-0.1, -0.05) is 52.7 Å². The highest BCUT2D eigenvalue weighted by Gasteiger charge is 2.21. The second kappa shape index (κ2) is 7.54. The van der Waals surface area contributed by atoms with Gasteiger partial charge in [0.2, 0.25) is 0 Å². The van der Waals surface area contributed by atoms with Crippen LogP contribution in [0, 0.1) is 0 Å². The molecule has 28 heavy (non-hydrogen) atoms. The van der Waals surface area contributed by atoms with Crippen LogP contribution in [0.2, 0.25) is 5.02 Å². The van der Waals surface area contributed by atoms with Crippen LogP contribution in [0.25, 0.3) is 22.3 Å². The van der Waals surface area contributed by atoms with E-state index in [0.717, 1.165) is 5.56 Å². The summed E-state index contributed by atoms with van der Waals surface area (Å²) in [5, 5.41) is 3.64. The third-order valence-corrected chi connectivity index (χ3v) is 4.42. The molecule has 0 unspecified atom stereocenters. The Hall–Kier alpha value is -3.64. The van der Waals surface area contributed by atoms with Crippen molar-refractivity contribution in [2.45, 2.75) is 0 Å². The molecule has 4 aromatic rings. The van der Waals surface area contributed by atoms with E-state index in [1.165, 1.54) is 4.68 Å². The molecule has 0 saturated heterocycles. The zero-order valence-corrected chi connectivity index (χ0v) is 15.4. The highest BCUT2D eigenvalue weighted by atomic mass is 35.5. The normalized spacial score (nSPS) is 10.6. The van der Waals surface area contributed by atoms with Crippen molar-refractivity contribution in [2.75, 3.05) is 10.7 Å². The lowest BCUT2D eigenvalue weighted by Crippen LogP contribution is -2.40. The monoisotopic (exact) mass is 391 g/mol. The molecule has 1 aromatic heterocycles. The third kappa shape index (κ3) is 3.58. The molecule has 7 heteroatoms. The number of fused-ring (bicyclic) bond motifs is 1. The first-order chi connectivity index (χ1) is 13.6. The summed E-state index contributed by atoms with van der Waals surface area (Å²) < 4.78 is 1.21. The van der Waals surface area contributed by atoms with Gasteiger partial charge in [-0.05, 0) is 42.5 Å². The number of H-pyrrole nitrogens is 1. The summed E-state index contributed by atoms with van der Waals surface area (Å²) in [5.41, 5.74) is 4.23. The molecule has 6 nitrogen and oxygen atoms in total. The number of aromatic amines is 1. The van der Waals surface area contributed by atoms with Crippen molar-refractivity contribution >= 4 is 34.2 Å². The number of carbonyl (C=O) groups is 1. The molecule has 1 heterocycles. The average Bonchev–Trinajstić information content (AvgIpc) is 2.70. The van der Waals surface area contributed by atoms with Crippen LogP contribution >= 0.6 is 11.6 Å². The lowest BCUT2D eigenvalue weighted by atomic mass is 10.2. The van der Waals surface area contributed by atoms with E-state index in [2.05, 4.69) is 15.7 Å². The Labute approximate surface area is 165 Å². The Bertz CT molecular complexity index is 1220. The number of benzene rings is 3. The largest absolute Gasteiger partial charge is 0.369 e. The number of hydrogen-bond acceptors (Lipinski definition) is 2. The van der Waals surface area contributed by atoms with E-state index in [4.69, 9.17) is 11.6 Å². The molecule has 0 aliphatic heterocycles. The van der Waals surface area contributed by atoms with Gasteiger partial charge in [0.1, 0.15) is 10.9 Å². The van der Waals surface area contributed by atoms with Crippen LogP contribution in [-0.2, 0) is 0 Å². The van der Waals surface area contributed by atoms with E-state index in [1.54, 1.807) is 36.4 Å². The minimum atomic E-state index is -0.565. The maximum atomic E-state index is 13.0. The van der Waals surface area contributed by atoms with Crippen LogP contribution in [0.5, 0.6) is 0 Å². The number of rotatable bonds is 3. The van der Waals surface area contributed by atoms with Gasteiger partial charge >= 0.3 is 17.4 Å². The second-order valence-corrected chi connectivity index (χ2v) is 6.54. The number of nitrogens with one attached hydrogen (secondary N) is 3. The minimum absolute atomic E-state index is 0.338. The van der Waals surface area contributed by atoms with Gasteiger partial charge < -0.3 is 5.32 Å². The Morgan fingerprint density at radius 1 is 0.929 bits per heavy atom. The van der Waals surface area contributed by atoms with E-state index in [0.29, 0.717) is 27.4 Å². The number of urea groups is 1. The van der Waals surface area contributed by atoms with Crippen LogP contribution < -0.4 is 21.3 Å². The highest BCUT2D eigenvalue weighted by Crippen LogP contribution is 2.16. The molecule has 0 bridgehead atoms. The molecule has 0 saturated carbocycles. The van der Waals surface area contributed by atoms with Crippen molar-refractivity contribution in [3.63, 3.8) is 0 Å². The number of anilines is 1. The summed E-state index contributed by atoms with van der Waals surface area (Å²) in [7, 11) is 0. The van der Waals surface area contributed by atoms with Crippen LogP contribution in [0.15, 0.2) is 83.7 Å². The third-order valence-electron chi connectivity index (χ3n) is 4.18. The number of halogens is 1. The lowest BCUT2D eigenvalue weighted by Gasteiger charge is -2.09. The van der Waals surface area contributed by atoms with Crippen LogP contribution in [0.4, 0.5) is 10.5 Å². The lowest BCUT2D eigenvalue weighted by molar-refractivity contribution is -0.337. The van der Waals surface area contributed by atoms with Crippen molar-refractivity contribution in [1.82, 2.24) is 4.68 Å². The molecule has 0 atom stereocenters. The summed E-state index contributed by atoms with van der Waals surface area (Å²) in [6.07, 6.45) is 0. The number of amides is 2.